The summed E-state index contributed by atoms with van der Waals surface area (Å²) in [6, 6.07) is 6.33. The normalized spacial score (nSPS) is 10.7. The highest BCUT2D eigenvalue weighted by Gasteiger charge is 2.07. The zero-order valence-corrected chi connectivity index (χ0v) is 13.9. The highest BCUT2D eigenvalue weighted by molar-refractivity contribution is 9.10. The van der Waals surface area contributed by atoms with Crippen molar-refractivity contribution in [3.63, 3.8) is 0 Å². The SMILES string of the molecule is CCNC(=O)CCOc1ccc(Br)cc1CNC(C)C. The summed E-state index contributed by atoms with van der Waals surface area (Å²) < 4.78 is 6.74. The lowest BCUT2D eigenvalue weighted by atomic mass is 10.2. The van der Waals surface area contributed by atoms with Crippen LogP contribution < -0.4 is 15.4 Å². The second-order valence-corrected chi connectivity index (χ2v) is 5.76. The molecule has 0 saturated carbocycles. The summed E-state index contributed by atoms with van der Waals surface area (Å²) in [5.74, 6) is 0.845. The van der Waals surface area contributed by atoms with Gasteiger partial charge in [-0.3, -0.25) is 4.79 Å². The van der Waals surface area contributed by atoms with E-state index in [0.29, 0.717) is 25.6 Å². The van der Waals surface area contributed by atoms with Crippen molar-refractivity contribution in [3.8, 4) is 5.75 Å². The monoisotopic (exact) mass is 342 g/mol. The third kappa shape index (κ3) is 6.39. The smallest absolute Gasteiger partial charge is 0.223 e. The van der Waals surface area contributed by atoms with E-state index in [9.17, 15) is 4.79 Å². The van der Waals surface area contributed by atoms with Crippen molar-refractivity contribution in [2.75, 3.05) is 13.2 Å². The molecule has 1 aromatic carbocycles. The molecule has 0 spiro atoms. The number of rotatable bonds is 8. The number of carbonyl (C=O) groups excluding carboxylic acids is 1. The van der Waals surface area contributed by atoms with Gasteiger partial charge in [0.2, 0.25) is 5.91 Å². The quantitative estimate of drug-likeness (QED) is 0.763. The Labute approximate surface area is 129 Å². The molecular formula is C15H23BrN2O2. The second-order valence-electron chi connectivity index (χ2n) is 4.84. The lowest BCUT2D eigenvalue weighted by Crippen LogP contribution is -2.24. The van der Waals surface area contributed by atoms with Gasteiger partial charge in [-0.1, -0.05) is 29.8 Å². The second kappa shape index (κ2) is 8.97. The Morgan fingerprint density at radius 2 is 2.15 bits per heavy atom. The topological polar surface area (TPSA) is 50.4 Å². The molecule has 0 saturated heterocycles. The molecule has 0 aliphatic heterocycles. The molecule has 0 radical (unpaired) electrons. The third-order valence-corrected chi connectivity index (χ3v) is 3.18. The van der Waals surface area contributed by atoms with Gasteiger partial charge in [0, 0.05) is 29.2 Å². The van der Waals surface area contributed by atoms with Gasteiger partial charge in [0.05, 0.1) is 13.0 Å². The molecule has 1 amide bonds. The summed E-state index contributed by atoms with van der Waals surface area (Å²) in [4.78, 5) is 11.4. The molecule has 0 aliphatic carbocycles. The highest BCUT2D eigenvalue weighted by Crippen LogP contribution is 2.23. The van der Waals surface area contributed by atoms with Gasteiger partial charge >= 0.3 is 0 Å². The average molecular weight is 343 g/mol. The van der Waals surface area contributed by atoms with Gasteiger partial charge in [-0.05, 0) is 25.1 Å². The van der Waals surface area contributed by atoms with Gasteiger partial charge in [0.25, 0.3) is 0 Å². The van der Waals surface area contributed by atoms with E-state index in [-0.39, 0.29) is 5.91 Å². The molecule has 0 bridgehead atoms. The summed E-state index contributed by atoms with van der Waals surface area (Å²) in [5, 5.41) is 6.13. The highest BCUT2D eigenvalue weighted by atomic mass is 79.9. The van der Waals surface area contributed by atoms with Gasteiger partial charge in [0.1, 0.15) is 5.75 Å². The molecule has 0 aromatic heterocycles. The molecule has 0 fully saturated rings. The first-order valence-corrected chi connectivity index (χ1v) is 7.73. The van der Waals surface area contributed by atoms with Crippen molar-refractivity contribution < 1.29 is 9.53 Å². The number of carbonyl (C=O) groups is 1. The zero-order chi connectivity index (χ0) is 15.0. The molecule has 5 heteroatoms. The lowest BCUT2D eigenvalue weighted by molar-refractivity contribution is -0.121. The number of hydrogen-bond acceptors (Lipinski definition) is 3. The predicted molar refractivity (Wildman–Crippen MR) is 84.9 cm³/mol. The Morgan fingerprint density at radius 1 is 1.40 bits per heavy atom. The van der Waals surface area contributed by atoms with Crippen molar-refractivity contribution >= 4 is 21.8 Å². The molecule has 20 heavy (non-hydrogen) atoms. The average Bonchev–Trinajstić information content (AvgIpc) is 2.38. The summed E-state index contributed by atoms with van der Waals surface area (Å²) in [6.45, 7) is 7.90. The van der Waals surface area contributed by atoms with E-state index < -0.39 is 0 Å². The van der Waals surface area contributed by atoms with Gasteiger partial charge < -0.3 is 15.4 Å². The Bertz CT molecular complexity index is 436. The summed E-state index contributed by atoms with van der Waals surface area (Å²) in [7, 11) is 0. The van der Waals surface area contributed by atoms with Crippen LogP contribution in [0.1, 0.15) is 32.8 Å². The van der Waals surface area contributed by atoms with E-state index in [1.807, 2.05) is 25.1 Å². The Balaban J connectivity index is 2.57. The minimum atomic E-state index is 0.0199. The zero-order valence-electron chi connectivity index (χ0n) is 12.3. The summed E-state index contributed by atoms with van der Waals surface area (Å²) >= 11 is 3.47. The fourth-order valence-electron chi connectivity index (χ4n) is 1.68. The molecule has 0 heterocycles. The number of hydrogen-bond donors (Lipinski definition) is 2. The van der Waals surface area contributed by atoms with Crippen LogP contribution in [0.5, 0.6) is 5.75 Å². The first kappa shape index (κ1) is 17.0. The van der Waals surface area contributed by atoms with Gasteiger partial charge in [-0.2, -0.15) is 0 Å². The van der Waals surface area contributed by atoms with E-state index in [2.05, 4.69) is 40.4 Å². The van der Waals surface area contributed by atoms with Crippen LogP contribution in [0, 0.1) is 0 Å². The van der Waals surface area contributed by atoms with Crippen molar-refractivity contribution in [2.24, 2.45) is 0 Å². The van der Waals surface area contributed by atoms with Crippen LogP contribution >= 0.6 is 15.9 Å². The van der Waals surface area contributed by atoms with E-state index >= 15 is 0 Å². The first-order chi connectivity index (χ1) is 9.52. The molecule has 0 unspecified atom stereocenters. The van der Waals surface area contributed by atoms with E-state index in [1.54, 1.807) is 0 Å². The predicted octanol–water partition coefficient (Wildman–Crippen LogP) is 2.85. The molecule has 2 N–H and O–H groups in total. The first-order valence-electron chi connectivity index (χ1n) is 6.94. The van der Waals surface area contributed by atoms with Crippen LogP contribution in [0.4, 0.5) is 0 Å². The van der Waals surface area contributed by atoms with Crippen LogP contribution in [-0.4, -0.2) is 25.1 Å². The maximum absolute atomic E-state index is 11.4. The fraction of sp³-hybridized carbons (Fsp3) is 0.533. The Kier molecular flexibility index (Phi) is 7.62. The number of amides is 1. The summed E-state index contributed by atoms with van der Waals surface area (Å²) in [5.41, 5.74) is 1.09. The molecular weight excluding hydrogens is 320 g/mol. The number of ether oxygens (including phenoxy) is 1. The minimum absolute atomic E-state index is 0.0199. The van der Waals surface area contributed by atoms with Crippen LogP contribution in [0.2, 0.25) is 0 Å². The van der Waals surface area contributed by atoms with Crippen LogP contribution in [0.3, 0.4) is 0 Å². The molecule has 1 aromatic rings. The molecule has 4 nitrogen and oxygen atoms in total. The van der Waals surface area contributed by atoms with Gasteiger partial charge in [0.15, 0.2) is 0 Å². The van der Waals surface area contributed by atoms with Crippen molar-refractivity contribution in [3.05, 3.63) is 28.2 Å². The summed E-state index contributed by atoms with van der Waals surface area (Å²) in [6.07, 6.45) is 0.376. The largest absolute Gasteiger partial charge is 0.493 e. The maximum atomic E-state index is 11.4. The molecule has 1 rings (SSSR count). The van der Waals surface area contributed by atoms with Crippen LogP contribution in [0.25, 0.3) is 0 Å². The molecule has 112 valence electrons. The third-order valence-electron chi connectivity index (χ3n) is 2.68. The maximum Gasteiger partial charge on any atom is 0.223 e. The number of nitrogens with one attached hydrogen (secondary N) is 2. The van der Waals surface area contributed by atoms with Crippen molar-refractivity contribution in [2.45, 2.75) is 39.8 Å². The fourth-order valence-corrected chi connectivity index (χ4v) is 2.09. The number of benzene rings is 1. The molecule has 0 aliphatic rings. The van der Waals surface area contributed by atoms with Crippen LogP contribution in [-0.2, 0) is 11.3 Å². The van der Waals surface area contributed by atoms with Gasteiger partial charge in [-0.25, -0.2) is 0 Å². The van der Waals surface area contributed by atoms with E-state index in [0.717, 1.165) is 22.3 Å². The number of halogens is 1. The Morgan fingerprint density at radius 3 is 2.80 bits per heavy atom. The van der Waals surface area contributed by atoms with E-state index in [1.165, 1.54) is 0 Å². The lowest BCUT2D eigenvalue weighted by Gasteiger charge is -2.14. The van der Waals surface area contributed by atoms with Crippen LogP contribution in [0.15, 0.2) is 22.7 Å². The standard InChI is InChI=1S/C15H23BrN2O2/c1-4-17-15(19)7-8-20-14-6-5-13(16)9-12(14)10-18-11(2)3/h5-6,9,11,18H,4,7-8,10H2,1-3H3,(H,17,19). The molecule has 0 atom stereocenters. The Hall–Kier alpha value is -1.07. The van der Waals surface area contributed by atoms with E-state index in [4.69, 9.17) is 4.74 Å². The van der Waals surface area contributed by atoms with Crippen molar-refractivity contribution in [1.82, 2.24) is 10.6 Å². The van der Waals surface area contributed by atoms with Gasteiger partial charge in [-0.15, -0.1) is 0 Å². The minimum Gasteiger partial charge on any atom is -0.493 e. The van der Waals surface area contributed by atoms with Crippen molar-refractivity contribution in [1.29, 1.82) is 0 Å².